The van der Waals surface area contributed by atoms with Crippen molar-refractivity contribution in [3.05, 3.63) is 0 Å². The summed E-state index contributed by atoms with van der Waals surface area (Å²) in [5.41, 5.74) is -0.966. The lowest BCUT2D eigenvalue weighted by molar-refractivity contribution is -0.150. The minimum absolute atomic E-state index is 0.0636. The normalized spacial score (nSPS) is 22.0. The zero-order valence-corrected chi connectivity index (χ0v) is 12.8. The molecule has 0 aromatic carbocycles. The van der Waals surface area contributed by atoms with Crippen LogP contribution < -0.4 is 10.6 Å². The van der Waals surface area contributed by atoms with E-state index < -0.39 is 23.4 Å². The number of hydrogen-bond donors (Lipinski definition) is 3. The van der Waals surface area contributed by atoms with E-state index in [0.29, 0.717) is 25.9 Å². The third kappa shape index (κ3) is 4.42. The molecule has 1 aliphatic heterocycles. The molecule has 0 saturated carbocycles. The molecule has 0 spiro atoms. The third-order valence-electron chi connectivity index (χ3n) is 3.81. The van der Waals surface area contributed by atoms with Gasteiger partial charge in [0.05, 0.1) is 6.54 Å². The summed E-state index contributed by atoms with van der Waals surface area (Å²) >= 11 is 0. The number of likely N-dealkylation sites (tertiary alicyclic amines) is 1. The molecule has 120 valence electrons. The molecule has 0 aromatic rings. The first-order chi connectivity index (χ1) is 9.96. The molecule has 21 heavy (non-hydrogen) atoms. The highest BCUT2D eigenvalue weighted by Crippen LogP contribution is 2.33. The molecular weight excluding hydrogens is 274 g/mol. The van der Waals surface area contributed by atoms with Gasteiger partial charge in [0.1, 0.15) is 5.54 Å². The van der Waals surface area contributed by atoms with Crippen molar-refractivity contribution in [1.29, 1.82) is 0 Å². The van der Waals surface area contributed by atoms with Gasteiger partial charge < -0.3 is 10.4 Å². The summed E-state index contributed by atoms with van der Waals surface area (Å²) in [6, 6.07) is -0.530. The predicted octanol–water partition coefficient (Wildman–Crippen LogP) is 0.941. The fraction of sp³-hybridized carbons (Fsp3) is 0.786. The molecule has 1 heterocycles. The Bertz CT molecular complexity index is 400. The van der Waals surface area contributed by atoms with E-state index in [-0.39, 0.29) is 6.54 Å². The van der Waals surface area contributed by atoms with Gasteiger partial charge in [-0.2, -0.15) is 0 Å². The zero-order valence-electron chi connectivity index (χ0n) is 12.8. The third-order valence-corrected chi connectivity index (χ3v) is 3.81. The summed E-state index contributed by atoms with van der Waals surface area (Å²) in [4.78, 5) is 36.6. The minimum Gasteiger partial charge on any atom is -0.480 e. The van der Waals surface area contributed by atoms with E-state index in [2.05, 4.69) is 10.6 Å². The SMILES string of the molecule is CCCNC(=O)NC(=O)CN1CCCC1(CCC)C(=O)O. The summed E-state index contributed by atoms with van der Waals surface area (Å²) in [7, 11) is 0. The number of hydrogen-bond acceptors (Lipinski definition) is 4. The van der Waals surface area contributed by atoms with Gasteiger partial charge in [0.15, 0.2) is 0 Å². The van der Waals surface area contributed by atoms with Crippen molar-refractivity contribution in [2.45, 2.75) is 51.5 Å². The Hall–Kier alpha value is -1.63. The van der Waals surface area contributed by atoms with Gasteiger partial charge in [-0.3, -0.25) is 19.8 Å². The van der Waals surface area contributed by atoms with Gasteiger partial charge in [-0.1, -0.05) is 20.3 Å². The fourth-order valence-corrected chi connectivity index (χ4v) is 2.83. The zero-order chi connectivity index (χ0) is 15.9. The van der Waals surface area contributed by atoms with Crippen LogP contribution in [0.15, 0.2) is 0 Å². The van der Waals surface area contributed by atoms with Crippen LogP contribution in [0.1, 0.15) is 46.0 Å². The van der Waals surface area contributed by atoms with E-state index in [1.807, 2.05) is 13.8 Å². The molecule has 1 atom stereocenters. The Morgan fingerprint density at radius 1 is 1.24 bits per heavy atom. The first kappa shape index (κ1) is 17.4. The fourth-order valence-electron chi connectivity index (χ4n) is 2.83. The van der Waals surface area contributed by atoms with Gasteiger partial charge in [0, 0.05) is 6.54 Å². The molecule has 7 heteroatoms. The van der Waals surface area contributed by atoms with E-state index in [0.717, 1.165) is 19.3 Å². The largest absolute Gasteiger partial charge is 0.480 e. The number of aliphatic carboxylic acids is 1. The first-order valence-electron chi connectivity index (χ1n) is 7.52. The first-order valence-corrected chi connectivity index (χ1v) is 7.52. The maximum Gasteiger partial charge on any atom is 0.324 e. The van der Waals surface area contributed by atoms with Crippen LogP contribution in [-0.4, -0.2) is 53.1 Å². The molecular formula is C14H25N3O4. The summed E-state index contributed by atoms with van der Waals surface area (Å²) in [6.07, 6.45) is 3.33. The van der Waals surface area contributed by atoms with Crippen LogP contribution in [-0.2, 0) is 9.59 Å². The number of nitrogens with one attached hydrogen (secondary N) is 2. The maximum atomic E-state index is 11.9. The maximum absolute atomic E-state index is 11.9. The second-order valence-corrected chi connectivity index (χ2v) is 5.42. The van der Waals surface area contributed by atoms with Crippen LogP contribution >= 0.6 is 0 Å². The standard InChI is InChI=1S/C14H25N3O4/c1-3-6-14(12(19)20)7-5-9-17(14)10-11(18)16-13(21)15-8-4-2/h3-10H2,1-2H3,(H,19,20)(H2,15,16,18,21). The summed E-state index contributed by atoms with van der Waals surface area (Å²) < 4.78 is 0. The smallest absolute Gasteiger partial charge is 0.324 e. The van der Waals surface area contributed by atoms with Crippen molar-refractivity contribution < 1.29 is 19.5 Å². The Balaban J connectivity index is 2.61. The molecule has 1 aliphatic rings. The van der Waals surface area contributed by atoms with Gasteiger partial charge >= 0.3 is 12.0 Å². The van der Waals surface area contributed by atoms with Crippen LogP contribution in [0, 0.1) is 0 Å². The number of carboxylic acid groups (broad SMARTS) is 1. The van der Waals surface area contributed by atoms with Crippen LogP contribution in [0.3, 0.4) is 0 Å². The van der Waals surface area contributed by atoms with Crippen molar-refractivity contribution in [3.63, 3.8) is 0 Å². The van der Waals surface area contributed by atoms with Crippen molar-refractivity contribution in [2.75, 3.05) is 19.6 Å². The van der Waals surface area contributed by atoms with Crippen LogP contribution in [0.4, 0.5) is 4.79 Å². The van der Waals surface area contributed by atoms with E-state index in [1.54, 1.807) is 4.90 Å². The Kier molecular flexibility index (Phi) is 6.61. The van der Waals surface area contributed by atoms with E-state index in [9.17, 15) is 19.5 Å². The highest BCUT2D eigenvalue weighted by Gasteiger charge is 2.47. The second-order valence-electron chi connectivity index (χ2n) is 5.42. The quantitative estimate of drug-likeness (QED) is 0.650. The lowest BCUT2D eigenvalue weighted by atomic mass is 9.90. The molecule has 0 aliphatic carbocycles. The number of amides is 3. The molecule has 3 amide bonds. The van der Waals surface area contributed by atoms with Crippen molar-refractivity contribution >= 4 is 17.9 Å². The molecule has 7 nitrogen and oxygen atoms in total. The molecule has 1 rings (SSSR count). The Labute approximate surface area is 125 Å². The number of carbonyl (C=O) groups excluding carboxylic acids is 2. The van der Waals surface area contributed by atoms with Gasteiger partial charge in [0.25, 0.3) is 0 Å². The number of nitrogens with zero attached hydrogens (tertiary/aromatic N) is 1. The van der Waals surface area contributed by atoms with Crippen LogP contribution in [0.5, 0.6) is 0 Å². The topological polar surface area (TPSA) is 98.7 Å². The van der Waals surface area contributed by atoms with Crippen molar-refractivity contribution in [3.8, 4) is 0 Å². The number of carbonyl (C=O) groups is 3. The van der Waals surface area contributed by atoms with Crippen LogP contribution in [0.25, 0.3) is 0 Å². The number of carboxylic acids is 1. The molecule has 1 saturated heterocycles. The highest BCUT2D eigenvalue weighted by atomic mass is 16.4. The Morgan fingerprint density at radius 2 is 1.95 bits per heavy atom. The molecule has 0 bridgehead atoms. The van der Waals surface area contributed by atoms with Gasteiger partial charge in [-0.25, -0.2) is 4.79 Å². The second kappa shape index (κ2) is 7.97. The van der Waals surface area contributed by atoms with Crippen LogP contribution in [0.2, 0.25) is 0 Å². The molecule has 1 unspecified atom stereocenters. The predicted molar refractivity (Wildman–Crippen MR) is 77.9 cm³/mol. The lowest BCUT2D eigenvalue weighted by Gasteiger charge is -2.34. The highest BCUT2D eigenvalue weighted by molar-refractivity contribution is 5.95. The van der Waals surface area contributed by atoms with Crippen molar-refractivity contribution in [1.82, 2.24) is 15.5 Å². The van der Waals surface area contributed by atoms with Gasteiger partial charge in [-0.05, 0) is 32.2 Å². The van der Waals surface area contributed by atoms with Gasteiger partial charge in [0.2, 0.25) is 5.91 Å². The summed E-state index contributed by atoms with van der Waals surface area (Å²) in [6.45, 7) is 4.84. The summed E-state index contributed by atoms with van der Waals surface area (Å²) in [5, 5.41) is 14.3. The number of imide groups is 1. The molecule has 3 N–H and O–H groups in total. The molecule has 0 aromatic heterocycles. The summed E-state index contributed by atoms with van der Waals surface area (Å²) in [5.74, 6) is -1.35. The van der Waals surface area contributed by atoms with E-state index in [1.165, 1.54) is 0 Å². The number of rotatable bonds is 7. The average molecular weight is 299 g/mol. The molecule has 1 fully saturated rings. The minimum atomic E-state index is -0.966. The van der Waals surface area contributed by atoms with Crippen molar-refractivity contribution in [2.24, 2.45) is 0 Å². The van der Waals surface area contributed by atoms with E-state index >= 15 is 0 Å². The lowest BCUT2D eigenvalue weighted by Crippen LogP contribution is -2.54. The van der Waals surface area contributed by atoms with E-state index in [4.69, 9.17) is 0 Å². The molecule has 0 radical (unpaired) electrons. The van der Waals surface area contributed by atoms with Gasteiger partial charge in [-0.15, -0.1) is 0 Å². The monoisotopic (exact) mass is 299 g/mol. The number of urea groups is 1. The average Bonchev–Trinajstić information content (AvgIpc) is 2.81. The Morgan fingerprint density at radius 3 is 2.52 bits per heavy atom.